The first-order valence-electron chi connectivity index (χ1n) is 9.74. The van der Waals surface area contributed by atoms with Crippen LogP contribution in [0.5, 0.6) is 0 Å². The van der Waals surface area contributed by atoms with E-state index in [2.05, 4.69) is 0 Å². The Bertz CT molecular complexity index is 583. The van der Waals surface area contributed by atoms with Gasteiger partial charge in [0.1, 0.15) is 0 Å². The van der Waals surface area contributed by atoms with Crippen LogP contribution in [0.1, 0.15) is 58.8 Å². The first-order chi connectivity index (χ1) is 11.2. The molecule has 4 nitrogen and oxygen atoms in total. The molecule has 4 saturated carbocycles. The van der Waals surface area contributed by atoms with Crippen molar-refractivity contribution in [3.63, 3.8) is 0 Å². The molecule has 24 heavy (non-hydrogen) atoms. The molecule has 0 aromatic rings. The summed E-state index contributed by atoms with van der Waals surface area (Å²) in [5.41, 5.74) is 0.258. The first-order valence-corrected chi connectivity index (χ1v) is 11.5. The van der Waals surface area contributed by atoms with Crippen LogP contribution < -0.4 is 0 Å². The average Bonchev–Trinajstić information content (AvgIpc) is 2.31. The van der Waals surface area contributed by atoms with Crippen molar-refractivity contribution in [2.45, 2.75) is 64.0 Å². The Labute approximate surface area is 146 Å². The molecule has 0 aromatic heterocycles. The Balaban J connectivity index is 1.34. The molecule has 5 aliphatic rings. The molecule has 0 unspecified atom stereocenters. The molecular formula is C19H31NO3S. The maximum atomic E-state index is 12.7. The molecule has 0 atom stereocenters. The number of sulfone groups is 1. The zero-order valence-electron chi connectivity index (χ0n) is 15.0. The predicted molar refractivity (Wildman–Crippen MR) is 94.2 cm³/mol. The Morgan fingerprint density at radius 3 is 2.00 bits per heavy atom. The number of rotatable bonds is 5. The fraction of sp³-hybridized carbons (Fsp3) is 0.947. The quantitative estimate of drug-likeness (QED) is 0.764. The minimum Gasteiger partial charge on any atom is -0.340 e. The monoisotopic (exact) mass is 353 g/mol. The lowest BCUT2D eigenvalue weighted by Gasteiger charge is -2.57. The second-order valence-electron chi connectivity index (χ2n) is 9.74. The van der Waals surface area contributed by atoms with Crippen molar-refractivity contribution in [3.05, 3.63) is 0 Å². The number of likely N-dealkylation sites (tertiary alicyclic amines) is 1. The Morgan fingerprint density at radius 1 is 1.04 bits per heavy atom. The van der Waals surface area contributed by atoms with Crippen LogP contribution in [0.4, 0.5) is 0 Å². The van der Waals surface area contributed by atoms with Gasteiger partial charge < -0.3 is 4.90 Å². The fourth-order valence-electron chi connectivity index (χ4n) is 6.41. The van der Waals surface area contributed by atoms with E-state index in [0.29, 0.717) is 19.5 Å². The van der Waals surface area contributed by atoms with Gasteiger partial charge in [-0.2, -0.15) is 0 Å². The summed E-state index contributed by atoms with van der Waals surface area (Å²) in [5.74, 6) is 3.20. The molecule has 0 aromatic carbocycles. The number of carbonyl (C=O) groups excluding carboxylic acids is 1. The van der Waals surface area contributed by atoms with Crippen molar-refractivity contribution in [2.75, 3.05) is 18.8 Å². The van der Waals surface area contributed by atoms with Crippen molar-refractivity contribution in [1.82, 2.24) is 4.90 Å². The number of amides is 1. The maximum Gasteiger partial charge on any atom is 0.223 e. The molecule has 4 aliphatic carbocycles. The molecule has 5 heteroatoms. The van der Waals surface area contributed by atoms with Gasteiger partial charge in [-0.1, -0.05) is 13.8 Å². The van der Waals surface area contributed by atoms with Crippen molar-refractivity contribution < 1.29 is 13.2 Å². The highest BCUT2D eigenvalue weighted by Gasteiger charge is 2.52. The molecule has 136 valence electrons. The van der Waals surface area contributed by atoms with Crippen molar-refractivity contribution in [3.8, 4) is 0 Å². The highest BCUT2D eigenvalue weighted by Crippen LogP contribution is 2.61. The fourth-order valence-corrected chi connectivity index (χ4v) is 8.42. The van der Waals surface area contributed by atoms with E-state index in [4.69, 9.17) is 0 Å². The van der Waals surface area contributed by atoms with Gasteiger partial charge in [0, 0.05) is 19.5 Å². The smallest absolute Gasteiger partial charge is 0.223 e. The van der Waals surface area contributed by atoms with Gasteiger partial charge in [0.15, 0.2) is 9.84 Å². The standard InChI is InChI=1S/C19H31NO3S/c1-13(2)12-24(22,23)17-10-20(11-17)18(21)9-19-6-14-3-15(7-19)5-16(4-14)8-19/h13-17H,3-12H2,1-2H3. The maximum absolute atomic E-state index is 12.7. The van der Waals surface area contributed by atoms with Crippen LogP contribution in [0.2, 0.25) is 0 Å². The summed E-state index contributed by atoms with van der Waals surface area (Å²) < 4.78 is 24.5. The largest absolute Gasteiger partial charge is 0.340 e. The second-order valence-corrected chi connectivity index (χ2v) is 12.1. The number of nitrogens with zero attached hydrogens (tertiary/aromatic N) is 1. The van der Waals surface area contributed by atoms with Gasteiger partial charge in [-0.3, -0.25) is 4.79 Å². The summed E-state index contributed by atoms with van der Waals surface area (Å²) >= 11 is 0. The third-order valence-corrected chi connectivity index (χ3v) is 9.41. The van der Waals surface area contributed by atoms with E-state index in [9.17, 15) is 13.2 Å². The summed E-state index contributed by atoms with van der Waals surface area (Å²) in [6.07, 6.45) is 8.59. The second kappa shape index (κ2) is 5.72. The lowest BCUT2D eigenvalue weighted by molar-refractivity contribution is -0.142. The van der Waals surface area contributed by atoms with E-state index in [1.807, 2.05) is 13.8 Å². The van der Waals surface area contributed by atoms with E-state index in [-0.39, 0.29) is 28.2 Å². The molecule has 1 heterocycles. The summed E-state index contributed by atoms with van der Waals surface area (Å²) in [5, 5.41) is -0.319. The van der Waals surface area contributed by atoms with Gasteiger partial charge in [-0.15, -0.1) is 0 Å². The lowest BCUT2D eigenvalue weighted by atomic mass is 9.49. The van der Waals surface area contributed by atoms with E-state index in [1.165, 1.54) is 38.5 Å². The highest BCUT2D eigenvalue weighted by atomic mass is 32.2. The van der Waals surface area contributed by atoms with Crippen LogP contribution in [0.15, 0.2) is 0 Å². The van der Waals surface area contributed by atoms with Crippen molar-refractivity contribution in [1.29, 1.82) is 0 Å². The van der Waals surface area contributed by atoms with Gasteiger partial charge in [0.05, 0.1) is 11.0 Å². The van der Waals surface area contributed by atoms with Crippen molar-refractivity contribution >= 4 is 15.7 Å². The van der Waals surface area contributed by atoms with Gasteiger partial charge in [-0.25, -0.2) is 8.42 Å². The Morgan fingerprint density at radius 2 is 1.54 bits per heavy atom. The van der Waals surface area contributed by atoms with Crippen LogP contribution >= 0.6 is 0 Å². The molecule has 5 fully saturated rings. The number of hydrogen-bond donors (Lipinski definition) is 0. The average molecular weight is 354 g/mol. The van der Waals surface area contributed by atoms with Crippen LogP contribution in [0, 0.1) is 29.1 Å². The minimum atomic E-state index is -3.04. The number of hydrogen-bond acceptors (Lipinski definition) is 3. The molecule has 0 radical (unpaired) electrons. The summed E-state index contributed by atoms with van der Waals surface area (Å²) in [6.45, 7) is 4.73. The van der Waals surface area contributed by atoms with E-state index in [1.54, 1.807) is 4.90 Å². The minimum absolute atomic E-state index is 0.159. The summed E-state index contributed by atoms with van der Waals surface area (Å²) in [7, 11) is -3.04. The molecule has 4 bridgehead atoms. The third-order valence-electron chi connectivity index (χ3n) is 6.97. The van der Waals surface area contributed by atoms with Gasteiger partial charge in [0.2, 0.25) is 5.91 Å². The third kappa shape index (κ3) is 3.02. The van der Waals surface area contributed by atoms with Crippen LogP contribution in [0.3, 0.4) is 0 Å². The highest BCUT2D eigenvalue weighted by molar-refractivity contribution is 7.92. The topological polar surface area (TPSA) is 54.5 Å². The normalized spacial score (nSPS) is 38.6. The summed E-state index contributed by atoms with van der Waals surface area (Å²) in [6, 6.07) is 0. The van der Waals surface area contributed by atoms with E-state index >= 15 is 0 Å². The van der Waals surface area contributed by atoms with Gasteiger partial charge in [0.25, 0.3) is 0 Å². The molecular weight excluding hydrogens is 322 g/mol. The van der Waals surface area contributed by atoms with E-state index < -0.39 is 9.84 Å². The van der Waals surface area contributed by atoms with Crippen molar-refractivity contribution in [2.24, 2.45) is 29.1 Å². The first kappa shape index (κ1) is 16.9. The van der Waals surface area contributed by atoms with Crippen LogP contribution in [-0.4, -0.2) is 43.3 Å². The summed E-state index contributed by atoms with van der Waals surface area (Å²) in [4.78, 5) is 14.5. The van der Waals surface area contributed by atoms with Gasteiger partial charge in [-0.05, 0) is 67.6 Å². The zero-order chi connectivity index (χ0) is 17.1. The molecule has 5 rings (SSSR count). The molecule has 0 spiro atoms. The van der Waals surface area contributed by atoms with Crippen LogP contribution in [0.25, 0.3) is 0 Å². The predicted octanol–water partition coefficient (Wildman–Crippen LogP) is 2.87. The number of carbonyl (C=O) groups is 1. The Hall–Kier alpha value is -0.580. The zero-order valence-corrected chi connectivity index (χ0v) is 15.9. The SMILES string of the molecule is CC(C)CS(=O)(=O)C1CN(C(=O)CC23CC4CC(CC(C4)C2)C3)C1. The molecule has 0 N–H and O–H groups in total. The van der Waals surface area contributed by atoms with E-state index in [0.717, 1.165) is 17.8 Å². The molecule has 1 amide bonds. The van der Waals surface area contributed by atoms with Gasteiger partial charge >= 0.3 is 0 Å². The lowest BCUT2D eigenvalue weighted by Crippen LogP contribution is -2.59. The molecule has 1 aliphatic heterocycles. The van der Waals surface area contributed by atoms with Crippen LogP contribution in [-0.2, 0) is 14.6 Å². The molecule has 1 saturated heterocycles. The Kier molecular flexibility index (Phi) is 4.02.